The molecule has 0 aliphatic rings. The fraction of sp³-hybridized carbons (Fsp3) is 0.316. The van der Waals surface area contributed by atoms with Crippen molar-refractivity contribution >= 4 is 27.8 Å². The molecule has 0 radical (unpaired) electrons. The van der Waals surface area contributed by atoms with Crippen LogP contribution in [0, 0.1) is 6.92 Å². The summed E-state index contributed by atoms with van der Waals surface area (Å²) in [5.41, 5.74) is 2.07. The van der Waals surface area contributed by atoms with Gasteiger partial charge in [-0.3, -0.25) is 4.79 Å². The van der Waals surface area contributed by atoms with E-state index in [9.17, 15) is 13.2 Å². The smallest absolute Gasteiger partial charge is 0.325 e. The molecule has 1 N–H and O–H groups in total. The molecule has 0 aliphatic heterocycles. The lowest BCUT2D eigenvalue weighted by atomic mass is 10.2. The molecule has 2 rings (SSSR count). The normalized spacial score (nSPS) is 12.5. The average Bonchev–Trinajstić information content (AvgIpc) is 2.62. The number of hydrogen-bond donors (Lipinski definition) is 1. The van der Waals surface area contributed by atoms with Crippen LogP contribution in [-0.2, 0) is 25.3 Å². The zero-order chi connectivity index (χ0) is 19.0. The zero-order valence-electron chi connectivity index (χ0n) is 14.8. The summed E-state index contributed by atoms with van der Waals surface area (Å²) < 4.78 is 32.6. The van der Waals surface area contributed by atoms with E-state index in [1.807, 2.05) is 37.3 Å². The van der Waals surface area contributed by atoms with Crippen LogP contribution in [0.15, 0.2) is 59.5 Å². The third-order valence-corrected chi connectivity index (χ3v) is 6.19. The van der Waals surface area contributed by atoms with Crippen molar-refractivity contribution in [2.75, 3.05) is 12.4 Å². The van der Waals surface area contributed by atoms with Crippen LogP contribution in [0.1, 0.15) is 18.1 Å². The lowest BCUT2D eigenvalue weighted by molar-refractivity contribution is -0.144. The molecule has 5 nitrogen and oxygen atoms in total. The minimum atomic E-state index is -3.80. The zero-order valence-corrected chi connectivity index (χ0v) is 16.5. The maximum absolute atomic E-state index is 12.6. The van der Waals surface area contributed by atoms with Crippen LogP contribution in [0.5, 0.6) is 0 Å². The molecule has 0 aromatic heterocycles. The van der Waals surface area contributed by atoms with E-state index in [1.54, 1.807) is 19.1 Å². The maximum Gasteiger partial charge on any atom is 0.325 e. The van der Waals surface area contributed by atoms with Crippen LogP contribution in [0.2, 0.25) is 0 Å². The van der Waals surface area contributed by atoms with Crippen LogP contribution >= 0.6 is 11.8 Å². The third-order valence-electron chi connectivity index (χ3n) is 3.60. The molecular formula is C19H23NO4S2. The van der Waals surface area contributed by atoms with Crippen molar-refractivity contribution in [2.45, 2.75) is 30.5 Å². The molecule has 0 saturated carbocycles. The van der Waals surface area contributed by atoms with Gasteiger partial charge in [-0.05, 0) is 31.5 Å². The van der Waals surface area contributed by atoms with Crippen molar-refractivity contribution in [2.24, 2.45) is 0 Å². The summed E-state index contributed by atoms with van der Waals surface area (Å²) in [6.45, 7) is 3.77. The minimum Gasteiger partial charge on any atom is -0.465 e. The summed E-state index contributed by atoms with van der Waals surface area (Å²) in [5, 5.41) is 0. The highest BCUT2D eigenvalue weighted by atomic mass is 32.2. The second-order valence-electron chi connectivity index (χ2n) is 5.74. The Labute approximate surface area is 159 Å². The molecule has 1 atom stereocenters. The second-order valence-corrected chi connectivity index (χ2v) is 8.48. The molecule has 7 heteroatoms. The molecule has 0 amide bonds. The summed E-state index contributed by atoms with van der Waals surface area (Å²) >= 11 is 1.48. The highest BCUT2D eigenvalue weighted by Gasteiger charge is 2.26. The van der Waals surface area contributed by atoms with Gasteiger partial charge in [0.05, 0.1) is 11.5 Å². The van der Waals surface area contributed by atoms with E-state index in [4.69, 9.17) is 4.74 Å². The lowest BCUT2D eigenvalue weighted by Crippen LogP contribution is -2.43. The van der Waals surface area contributed by atoms with Crippen molar-refractivity contribution < 1.29 is 17.9 Å². The van der Waals surface area contributed by atoms with Crippen LogP contribution in [0.4, 0.5) is 0 Å². The van der Waals surface area contributed by atoms with Gasteiger partial charge in [-0.1, -0.05) is 48.0 Å². The standard InChI is InChI=1S/C19H23NO4S2/c1-3-24-19(21)18(14-25-13-16-7-5-4-6-8-16)20-26(22,23)17-11-9-15(2)10-12-17/h4-12,18,20H,3,13-14H2,1-2H3/t18-/m0/s1. The topological polar surface area (TPSA) is 72.5 Å². The predicted molar refractivity (Wildman–Crippen MR) is 105 cm³/mol. The molecule has 0 bridgehead atoms. The molecule has 0 aliphatic carbocycles. The quantitative estimate of drug-likeness (QED) is 0.663. The van der Waals surface area contributed by atoms with Gasteiger partial charge < -0.3 is 4.74 Å². The number of esters is 1. The van der Waals surface area contributed by atoms with Crippen LogP contribution in [0.3, 0.4) is 0 Å². The van der Waals surface area contributed by atoms with Gasteiger partial charge in [0.1, 0.15) is 6.04 Å². The molecule has 140 valence electrons. The first kappa shape index (κ1) is 20.5. The van der Waals surface area contributed by atoms with Gasteiger partial charge in [0.25, 0.3) is 0 Å². The van der Waals surface area contributed by atoms with E-state index < -0.39 is 22.0 Å². The van der Waals surface area contributed by atoms with E-state index in [0.29, 0.717) is 11.5 Å². The van der Waals surface area contributed by atoms with E-state index >= 15 is 0 Å². The van der Waals surface area contributed by atoms with Crippen molar-refractivity contribution in [3.8, 4) is 0 Å². The molecule has 2 aromatic rings. The predicted octanol–water partition coefficient (Wildman–Crippen LogP) is 3.14. The van der Waals surface area contributed by atoms with Gasteiger partial charge in [0, 0.05) is 11.5 Å². The van der Waals surface area contributed by atoms with Gasteiger partial charge >= 0.3 is 5.97 Å². The first-order valence-electron chi connectivity index (χ1n) is 8.29. The summed E-state index contributed by atoms with van der Waals surface area (Å²) in [5.74, 6) is 0.408. The number of thioether (sulfide) groups is 1. The number of benzene rings is 2. The Bertz CT molecular complexity index is 805. The van der Waals surface area contributed by atoms with Gasteiger partial charge in [-0.25, -0.2) is 8.42 Å². The number of carbonyl (C=O) groups is 1. The molecule has 0 unspecified atom stereocenters. The van der Waals surface area contributed by atoms with Crippen LogP contribution in [0.25, 0.3) is 0 Å². The fourth-order valence-electron chi connectivity index (χ4n) is 2.23. The lowest BCUT2D eigenvalue weighted by Gasteiger charge is -2.17. The average molecular weight is 394 g/mol. The SMILES string of the molecule is CCOC(=O)[C@H](CSCc1ccccc1)NS(=O)(=O)c1ccc(C)cc1. The first-order valence-corrected chi connectivity index (χ1v) is 10.9. The molecule has 26 heavy (non-hydrogen) atoms. The number of nitrogens with one attached hydrogen (secondary N) is 1. The first-order chi connectivity index (χ1) is 12.4. The molecule has 0 spiro atoms. The summed E-state index contributed by atoms with van der Waals surface area (Å²) in [7, 11) is -3.80. The Balaban J connectivity index is 2.06. The number of hydrogen-bond acceptors (Lipinski definition) is 5. The highest BCUT2D eigenvalue weighted by molar-refractivity contribution is 7.98. The Morgan fingerprint density at radius 3 is 2.38 bits per heavy atom. The number of aryl methyl sites for hydroxylation is 1. The van der Waals surface area contributed by atoms with Crippen molar-refractivity contribution in [3.05, 3.63) is 65.7 Å². The van der Waals surface area contributed by atoms with E-state index in [-0.39, 0.29) is 11.5 Å². The second kappa shape index (κ2) is 9.75. The van der Waals surface area contributed by atoms with Crippen LogP contribution in [-0.4, -0.2) is 32.8 Å². The largest absolute Gasteiger partial charge is 0.465 e. The van der Waals surface area contributed by atoms with Gasteiger partial charge in [0.2, 0.25) is 10.0 Å². The number of ether oxygens (including phenoxy) is 1. The monoisotopic (exact) mass is 393 g/mol. The molecule has 2 aromatic carbocycles. The molecular weight excluding hydrogens is 370 g/mol. The maximum atomic E-state index is 12.6. The summed E-state index contributed by atoms with van der Waals surface area (Å²) in [6.07, 6.45) is 0. The summed E-state index contributed by atoms with van der Waals surface area (Å²) in [6, 6.07) is 15.4. The van der Waals surface area contributed by atoms with Crippen molar-refractivity contribution in [3.63, 3.8) is 0 Å². The Morgan fingerprint density at radius 1 is 1.12 bits per heavy atom. The summed E-state index contributed by atoms with van der Waals surface area (Å²) in [4.78, 5) is 12.3. The van der Waals surface area contributed by atoms with Crippen LogP contribution < -0.4 is 4.72 Å². The molecule has 0 heterocycles. The van der Waals surface area contributed by atoms with E-state index in [2.05, 4.69) is 4.72 Å². The van der Waals surface area contributed by atoms with E-state index in [0.717, 1.165) is 11.1 Å². The Morgan fingerprint density at radius 2 is 1.77 bits per heavy atom. The Kier molecular flexibility index (Phi) is 7.68. The molecule has 0 fully saturated rings. The highest BCUT2D eigenvalue weighted by Crippen LogP contribution is 2.16. The third kappa shape index (κ3) is 6.16. The van der Waals surface area contributed by atoms with Gasteiger partial charge in [-0.15, -0.1) is 0 Å². The van der Waals surface area contributed by atoms with Gasteiger partial charge in [0.15, 0.2) is 0 Å². The minimum absolute atomic E-state index is 0.130. The molecule has 0 saturated heterocycles. The fourth-order valence-corrected chi connectivity index (χ4v) is 4.53. The number of sulfonamides is 1. The Hall–Kier alpha value is -1.83. The van der Waals surface area contributed by atoms with Crippen molar-refractivity contribution in [1.82, 2.24) is 4.72 Å². The number of carbonyl (C=O) groups excluding carboxylic acids is 1. The van der Waals surface area contributed by atoms with Gasteiger partial charge in [-0.2, -0.15) is 16.5 Å². The number of rotatable bonds is 9. The van der Waals surface area contributed by atoms with E-state index in [1.165, 1.54) is 23.9 Å². The van der Waals surface area contributed by atoms with Crippen molar-refractivity contribution in [1.29, 1.82) is 0 Å².